The summed E-state index contributed by atoms with van der Waals surface area (Å²) >= 11 is 0. The summed E-state index contributed by atoms with van der Waals surface area (Å²) in [5.41, 5.74) is 0.749. The fourth-order valence-corrected chi connectivity index (χ4v) is 2.96. The molecule has 0 atom stereocenters. The zero-order valence-electron chi connectivity index (χ0n) is 15.1. The summed E-state index contributed by atoms with van der Waals surface area (Å²) < 4.78 is 5.04. The Labute approximate surface area is 154 Å². The summed E-state index contributed by atoms with van der Waals surface area (Å²) in [6.45, 7) is 1.56. The molecule has 0 aromatic heterocycles. The van der Waals surface area contributed by atoms with Crippen molar-refractivity contribution in [2.24, 2.45) is 5.92 Å². The Bertz CT molecular complexity index is 649. The van der Waals surface area contributed by atoms with Crippen molar-refractivity contribution in [3.8, 4) is 0 Å². The van der Waals surface area contributed by atoms with Gasteiger partial charge in [-0.3, -0.25) is 9.59 Å². The summed E-state index contributed by atoms with van der Waals surface area (Å²) in [5.74, 6) is -0.940. The van der Waals surface area contributed by atoms with Gasteiger partial charge in [0, 0.05) is 13.5 Å². The highest BCUT2D eigenvalue weighted by Gasteiger charge is 2.17. The van der Waals surface area contributed by atoms with Gasteiger partial charge in [-0.2, -0.15) is 0 Å². The molecule has 0 radical (unpaired) electrons. The topological polar surface area (TPSA) is 84.5 Å². The maximum absolute atomic E-state index is 12.2. The number of rotatable bonds is 7. The second kappa shape index (κ2) is 10.4. The van der Waals surface area contributed by atoms with E-state index in [1.54, 1.807) is 12.1 Å². The number of carbonyl (C=O) groups is 3. The number of amides is 2. The largest absolute Gasteiger partial charge is 0.451 e. The van der Waals surface area contributed by atoms with Gasteiger partial charge < -0.3 is 15.4 Å². The first-order valence-corrected chi connectivity index (χ1v) is 9.03. The molecule has 0 heterocycles. The molecule has 2 N–H and O–H groups in total. The van der Waals surface area contributed by atoms with Crippen molar-refractivity contribution in [2.75, 3.05) is 13.2 Å². The molecule has 6 heteroatoms. The Morgan fingerprint density at radius 1 is 1.12 bits per heavy atom. The number of hydrogen-bond donors (Lipinski definition) is 2. The first-order valence-electron chi connectivity index (χ1n) is 9.03. The SMILES string of the molecule is CC(=O)N/C(=C/c1ccccc1)C(=O)OCC(=O)NCC1CCCCC1. The minimum Gasteiger partial charge on any atom is -0.451 e. The molecule has 0 unspecified atom stereocenters. The van der Waals surface area contributed by atoms with Gasteiger partial charge in [0.1, 0.15) is 5.70 Å². The van der Waals surface area contributed by atoms with Crippen LogP contribution in [0.4, 0.5) is 0 Å². The third-order valence-corrected chi connectivity index (χ3v) is 4.29. The summed E-state index contributed by atoms with van der Waals surface area (Å²) in [7, 11) is 0. The van der Waals surface area contributed by atoms with Crippen molar-refractivity contribution >= 4 is 23.9 Å². The molecule has 1 aliphatic rings. The standard InChI is InChI=1S/C20H26N2O4/c1-15(23)22-18(12-16-8-4-2-5-9-16)20(25)26-14-19(24)21-13-17-10-6-3-7-11-17/h2,4-5,8-9,12,17H,3,6-7,10-11,13-14H2,1H3,(H,21,24)(H,22,23)/b18-12+. The second-order valence-electron chi connectivity index (χ2n) is 6.53. The van der Waals surface area contributed by atoms with Gasteiger partial charge in [-0.05, 0) is 30.4 Å². The Kier molecular flexibility index (Phi) is 7.86. The lowest BCUT2D eigenvalue weighted by Crippen LogP contribution is -2.34. The van der Waals surface area contributed by atoms with Crippen LogP contribution in [0.2, 0.25) is 0 Å². The monoisotopic (exact) mass is 358 g/mol. The van der Waals surface area contributed by atoms with Gasteiger partial charge in [0.05, 0.1) is 0 Å². The van der Waals surface area contributed by atoms with Crippen molar-refractivity contribution < 1.29 is 19.1 Å². The lowest BCUT2D eigenvalue weighted by molar-refractivity contribution is -0.145. The molecule has 2 rings (SSSR count). The zero-order chi connectivity index (χ0) is 18.8. The molecule has 0 bridgehead atoms. The van der Waals surface area contributed by atoms with Crippen molar-refractivity contribution in [1.29, 1.82) is 0 Å². The van der Waals surface area contributed by atoms with E-state index in [-0.39, 0.29) is 24.1 Å². The molecule has 0 saturated heterocycles. The van der Waals surface area contributed by atoms with Crippen LogP contribution in [0.25, 0.3) is 6.08 Å². The fraction of sp³-hybridized carbons (Fsp3) is 0.450. The summed E-state index contributed by atoms with van der Waals surface area (Å²) in [5, 5.41) is 5.27. The molecule has 1 aromatic carbocycles. The van der Waals surface area contributed by atoms with Gasteiger partial charge in [-0.1, -0.05) is 49.6 Å². The predicted molar refractivity (Wildman–Crippen MR) is 98.8 cm³/mol. The molecule has 0 aliphatic heterocycles. The highest BCUT2D eigenvalue weighted by molar-refractivity contribution is 5.98. The molecule has 1 saturated carbocycles. The van der Waals surface area contributed by atoms with Crippen LogP contribution in [0.5, 0.6) is 0 Å². The van der Waals surface area contributed by atoms with Crippen molar-refractivity contribution in [3.63, 3.8) is 0 Å². The van der Waals surface area contributed by atoms with Gasteiger partial charge in [0.2, 0.25) is 5.91 Å². The van der Waals surface area contributed by atoms with Crippen molar-refractivity contribution in [1.82, 2.24) is 10.6 Å². The third-order valence-electron chi connectivity index (χ3n) is 4.29. The van der Waals surface area contributed by atoms with Crippen LogP contribution in [0.15, 0.2) is 36.0 Å². The number of benzene rings is 1. The highest BCUT2D eigenvalue weighted by atomic mass is 16.5. The third kappa shape index (κ3) is 7.09. The van der Waals surface area contributed by atoms with Crippen LogP contribution < -0.4 is 10.6 Å². The first kappa shape index (κ1) is 19.7. The zero-order valence-corrected chi connectivity index (χ0v) is 15.1. The molecule has 1 aromatic rings. The maximum atomic E-state index is 12.2. The van der Waals surface area contributed by atoms with Gasteiger partial charge in [-0.15, -0.1) is 0 Å². The molecule has 140 valence electrons. The number of ether oxygens (including phenoxy) is 1. The van der Waals surface area contributed by atoms with E-state index in [4.69, 9.17) is 4.74 Å². The minimum atomic E-state index is -0.739. The second-order valence-corrected chi connectivity index (χ2v) is 6.53. The highest BCUT2D eigenvalue weighted by Crippen LogP contribution is 2.22. The molecule has 1 aliphatic carbocycles. The van der Waals surface area contributed by atoms with Gasteiger partial charge in [-0.25, -0.2) is 4.79 Å². The molecule has 2 amide bonds. The van der Waals surface area contributed by atoms with E-state index in [2.05, 4.69) is 10.6 Å². The van der Waals surface area contributed by atoms with Crippen LogP contribution in [0.3, 0.4) is 0 Å². The Hall–Kier alpha value is -2.63. The predicted octanol–water partition coefficient (Wildman–Crippen LogP) is 2.40. The molecule has 1 fully saturated rings. The summed E-state index contributed by atoms with van der Waals surface area (Å²) in [4.78, 5) is 35.4. The average molecular weight is 358 g/mol. The van der Waals surface area contributed by atoms with E-state index in [0.717, 1.165) is 18.4 Å². The molecular weight excluding hydrogens is 332 g/mol. The number of carbonyl (C=O) groups excluding carboxylic acids is 3. The average Bonchev–Trinajstić information content (AvgIpc) is 2.65. The number of esters is 1. The Morgan fingerprint density at radius 3 is 2.46 bits per heavy atom. The van der Waals surface area contributed by atoms with Crippen LogP contribution >= 0.6 is 0 Å². The van der Waals surface area contributed by atoms with Crippen LogP contribution in [-0.2, 0) is 19.1 Å². The smallest absolute Gasteiger partial charge is 0.355 e. The van der Waals surface area contributed by atoms with Gasteiger partial charge in [0.15, 0.2) is 6.61 Å². The van der Waals surface area contributed by atoms with E-state index < -0.39 is 5.97 Å². The Morgan fingerprint density at radius 2 is 1.81 bits per heavy atom. The lowest BCUT2D eigenvalue weighted by Gasteiger charge is -2.21. The van der Waals surface area contributed by atoms with E-state index >= 15 is 0 Å². The van der Waals surface area contributed by atoms with Gasteiger partial charge in [0.25, 0.3) is 5.91 Å². The van der Waals surface area contributed by atoms with Crippen LogP contribution in [0.1, 0.15) is 44.6 Å². The van der Waals surface area contributed by atoms with E-state index in [9.17, 15) is 14.4 Å². The fourth-order valence-electron chi connectivity index (χ4n) is 2.96. The molecule has 6 nitrogen and oxygen atoms in total. The van der Waals surface area contributed by atoms with E-state index in [0.29, 0.717) is 12.5 Å². The normalized spacial score (nSPS) is 15.2. The molecule has 0 spiro atoms. The van der Waals surface area contributed by atoms with Crippen molar-refractivity contribution in [3.05, 3.63) is 41.6 Å². The van der Waals surface area contributed by atoms with Crippen molar-refractivity contribution in [2.45, 2.75) is 39.0 Å². The first-order chi connectivity index (χ1) is 12.5. The van der Waals surface area contributed by atoms with Crippen LogP contribution in [0, 0.1) is 5.92 Å². The quantitative estimate of drug-likeness (QED) is 0.579. The number of hydrogen-bond acceptors (Lipinski definition) is 4. The molecule has 26 heavy (non-hydrogen) atoms. The molecular formula is C20H26N2O4. The Balaban J connectivity index is 1.85. The lowest BCUT2D eigenvalue weighted by atomic mass is 9.89. The summed E-state index contributed by atoms with van der Waals surface area (Å²) in [6.07, 6.45) is 7.46. The van der Waals surface area contributed by atoms with Crippen LogP contribution in [-0.4, -0.2) is 30.9 Å². The number of nitrogens with one attached hydrogen (secondary N) is 2. The summed E-state index contributed by atoms with van der Waals surface area (Å²) in [6, 6.07) is 9.09. The van der Waals surface area contributed by atoms with E-state index in [1.165, 1.54) is 32.3 Å². The van der Waals surface area contributed by atoms with Gasteiger partial charge >= 0.3 is 5.97 Å². The van der Waals surface area contributed by atoms with E-state index in [1.807, 2.05) is 18.2 Å². The maximum Gasteiger partial charge on any atom is 0.355 e. The minimum absolute atomic E-state index is 0.00350.